The first-order valence-electron chi connectivity index (χ1n) is 12.1. The molecule has 2 aliphatic rings. The molecule has 2 aromatic rings. The van der Waals surface area contributed by atoms with Crippen LogP contribution in [0.3, 0.4) is 0 Å². The second-order valence-electron chi connectivity index (χ2n) is 9.57. The second kappa shape index (κ2) is 10.4. The van der Waals surface area contributed by atoms with E-state index < -0.39 is 35.6 Å². The summed E-state index contributed by atoms with van der Waals surface area (Å²) in [5, 5.41) is 2.95. The molecule has 1 saturated carbocycles. The highest BCUT2D eigenvalue weighted by molar-refractivity contribution is 6.12. The molecule has 1 saturated heterocycles. The molecule has 0 bridgehead atoms. The number of urea groups is 1. The number of hydrogen-bond acceptors (Lipinski definition) is 5. The number of likely N-dealkylation sites (tertiary alicyclic amines) is 1. The van der Waals surface area contributed by atoms with Crippen molar-refractivity contribution in [2.45, 2.75) is 57.5 Å². The Kier molecular flexibility index (Phi) is 7.33. The van der Waals surface area contributed by atoms with Crippen LogP contribution in [0.15, 0.2) is 42.6 Å². The summed E-state index contributed by atoms with van der Waals surface area (Å²) in [4.78, 5) is 46.2. The van der Waals surface area contributed by atoms with Crippen molar-refractivity contribution in [1.82, 2.24) is 15.2 Å². The van der Waals surface area contributed by atoms with Crippen LogP contribution in [0.2, 0.25) is 0 Å². The lowest BCUT2D eigenvalue weighted by Crippen LogP contribution is -2.71. The summed E-state index contributed by atoms with van der Waals surface area (Å²) < 4.78 is 13.8. The number of benzene rings is 1. The zero-order chi connectivity index (χ0) is 25.1. The highest BCUT2D eigenvalue weighted by Gasteiger charge is 2.55. The number of pyridine rings is 1. The molecule has 1 aliphatic carbocycles. The third-order valence-electron chi connectivity index (χ3n) is 7.22. The average Bonchev–Trinajstić information content (AvgIpc) is 2.85. The predicted molar refractivity (Wildman–Crippen MR) is 131 cm³/mol. The van der Waals surface area contributed by atoms with Crippen molar-refractivity contribution in [2.75, 3.05) is 17.7 Å². The van der Waals surface area contributed by atoms with Crippen molar-refractivity contribution < 1.29 is 18.8 Å². The van der Waals surface area contributed by atoms with E-state index in [2.05, 4.69) is 10.3 Å². The number of nitrogen functional groups attached to an aromatic ring is 1. The molecular formula is C26H32FN5O3. The molecule has 4 rings (SSSR count). The second-order valence-corrected chi connectivity index (χ2v) is 9.57. The minimum Gasteiger partial charge on any atom is -0.384 e. The number of nitrogens with two attached hydrogens (primary N) is 1. The summed E-state index contributed by atoms with van der Waals surface area (Å²) in [6, 6.07) is 7.35. The normalized spacial score (nSPS) is 21.2. The maximum atomic E-state index is 13.8. The van der Waals surface area contributed by atoms with Crippen LogP contribution in [0, 0.1) is 17.7 Å². The van der Waals surface area contributed by atoms with Crippen LogP contribution in [0.5, 0.6) is 0 Å². The third kappa shape index (κ3) is 5.28. The first-order valence-corrected chi connectivity index (χ1v) is 12.1. The SMILES string of the molecule is C[C@@H](NC(=O)N1C(=O)[C@H](Cc2ccnc(N)c2)[C@H]1C(=O)N(C)c1cccc(F)c1)C1CCCCC1. The van der Waals surface area contributed by atoms with Gasteiger partial charge in [0.25, 0.3) is 5.91 Å². The van der Waals surface area contributed by atoms with Gasteiger partial charge in [-0.3, -0.25) is 14.5 Å². The van der Waals surface area contributed by atoms with Crippen LogP contribution >= 0.6 is 0 Å². The van der Waals surface area contributed by atoms with Crippen LogP contribution in [-0.2, 0) is 16.0 Å². The number of likely N-dealkylation sites (N-methyl/N-ethyl adjacent to an activating group) is 1. The quantitative estimate of drug-likeness (QED) is 0.614. The fourth-order valence-corrected chi connectivity index (χ4v) is 5.16. The Bertz CT molecular complexity index is 1100. The average molecular weight is 482 g/mol. The number of nitrogens with one attached hydrogen (secondary N) is 1. The van der Waals surface area contributed by atoms with E-state index >= 15 is 0 Å². The minimum atomic E-state index is -1.01. The molecule has 35 heavy (non-hydrogen) atoms. The van der Waals surface area contributed by atoms with Gasteiger partial charge in [-0.25, -0.2) is 14.2 Å². The van der Waals surface area contributed by atoms with Gasteiger partial charge in [0.1, 0.15) is 17.7 Å². The molecule has 3 N–H and O–H groups in total. The molecule has 9 heteroatoms. The smallest absolute Gasteiger partial charge is 0.325 e. The monoisotopic (exact) mass is 481 g/mol. The number of hydrogen-bond donors (Lipinski definition) is 2. The van der Waals surface area contributed by atoms with Gasteiger partial charge in [-0.15, -0.1) is 0 Å². The molecule has 186 valence electrons. The Balaban J connectivity index is 1.56. The van der Waals surface area contributed by atoms with E-state index in [1.165, 1.54) is 36.6 Å². The van der Waals surface area contributed by atoms with E-state index in [1.807, 2.05) is 6.92 Å². The van der Waals surface area contributed by atoms with Gasteiger partial charge in [0.2, 0.25) is 5.91 Å². The van der Waals surface area contributed by atoms with Crippen molar-refractivity contribution in [2.24, 2.45) is 11.8 Å². The lowest BCUT2D eigenvalue weighted by molar-refractivity contribution is -0.156. The Hall–Kier alpha value is -3.49. The Morgan fingerprint density at radius 2 is 1.97 bits per heavy atom. The number of carbonyl (C=O) groups excluding carboxylic acids is 3. The highest BCUT2D eigenvalue weighted by atomic mass is 19.1. The van der Waals surface area contributed by atoms with Crippen molar-refractivity contribution in [3.05, 3.63) is 54.0 Å². The Morgan fingerprint density at radius 3 is 2.66 bits per heavy atom. The summed E-state index contributed by atoms with van der Waals surface area (Å²) >= 11 is 0. The summed E-state index contributed by atoms with van der Waals surface area (Å²) in [5.41, 5.74) is 6.87. The number of imide groups is 1. The largest absolute Gasteiger partial charge is 0.384 e. The van der Waals surface area contributed by atoms with Gasteiger partial charge in [0.15, 0.2) is 0 Å². The summed E-state index contributed by atoms with van der Waals surface area (Å²) in [6.45, 7) is 1.95. The van der Waals surface area contributed by atoms with Crippen molar-refractivity contribution in [3.63, 3.8) is 0 Å². The van der Waals surface area contributed by atoms with Gasteiger partial charge >= 0.3 is 6.03 Å². The zero-order valence-corrected chi connectivity index (χ0v) is 20.1. The van der Waals surface area contributed by atoms with Gasteiger partial charge in [-0.1, -0.05) is 25.3 Å². The van der Waals surface area contributed by atoms with Crippen molar-refractivity contribution in [3.8, 4) is 0 Å². The number of rotatable bonds is 6. The van der Waals surface area contributed by atoms with Crippen molar-refractivity contribution in [1.29, 1.82) is 0 Å². The molecule has 1 aliphatic heterocycles. The maximum absolute atomic E-state index is 13.8. The molecule has 8 nitrogen and oxygen atoms in total. The molecular weight excluding hydrogens is 449 g/mol. The third-order valence-corrected chi connectivity index (χ3v) is 7.22. The van der Waals surface area contributed by atoms with Gasteiger partial charge < -0.3 is 16.0 Å². The van der Waals surface area contributed by atoms with E-state index in [1.54, 1.807) is 24.4 Å². The standard InChI is InChI=1S/C26H32FN5O3/c1-16(18-7-4-3-5-8-18)30-26(35)32-23(25(34)31(2)20-10-6-9-19(27)15-20)21(24(32)33)13-17-11-12-29-22(28)14-17/h6,9-12,14-16,18,21,23H,3-5,7-8,13H2,1-2H3,(H2,28,29)(H,30,35)/t16-,21-,23+/m1/s1. The van der Waals surface area contributed by atoms with E-state index in [-0.39, 0.29) is 12.5 Å². The minimum absolute atomic E-state index is 0.105. The van der Waals surface area contributed by atoms with Crippen LogP contribution in [0.4, 0.5) is 20.7 Å². The molecule has 0 spiro atoms. The van der Waals surface area contributed by atoms with Crippen LogP contribution in [-0.4, -0.2) is 46.9 Å². The molecule has 4 amide bonds. The Morgan fingerprint density at radius 1 is 1.23 bits per heavy atom. The van der Waals surface area contributed by atoms with Gasteiger partial charge in [0.05, 0.1) is 5.92 Å². The van der Waals surface area contributed by atoms with E-state index in [0.29, 0.717) is 17.4 Å². The molecule has 2 fully saturated rings. The molecule has 1 aromatic heterocycles. The molecule has 1 aromatic carbocycles. The van der Waals surface area contributed by atoms with Crippen molar-refractivity contribution >= 4 is 29.4 Å². The number of carbonyl (C=O) groups is 3. The number of anilines is 2. The van der Waals surface area contributed by atoms with E-state index in [0.717, 1.165) is 36.1 Å². The lowest BCUT2D eigenvalue weighted by Gasteiger charge is -2.46. The number of aromatic nitrogens is 1. The predicted octanol–water partition coefficient (Wildman–Crippen LogP) is 3.51. The fraction of sp³-hybridized carbons (Fsp3) is 0.462. The molecule has 2 heterocycles. The number of halogens is 1. The highest BCUT2D eigenvalue weighted by Crippen LogP contribution is 2.33. The molecule has 0 unspecified atom stereocenters. The first-order chi connectivity index (χ1) is 16.8. The van der Waals surface area contributed by atoms with Gasteiger partial charge in [-0.05, 0) is 68.0 Å². The van der Waals surface area contributed by atoms with E-state index in [9.17, 15) is 18.8 Å². The Labute approximate surface area is 204 Å². The summed E-state index contributed by atoms with van der Waals surface area (Å²) in [5.74, 6) is -1.43. The zero-order valence-electron chi connectivity index (χ0n) is 20.1. The maximum Gasteiger partial charge on any atom is 0.325 e. The fourth-order valence-electron chi connectivity index (χ4n) is 5.16. The van der Waals surface area contributed by atoms with Gasteiger partial charge in [0, 0.05) is 25.0 Å². The summed E-state index contributed by atoms with van der Waals surface area (Å²) in [7, 11) is 1.52. The van der Waals surface area contributed by atoms with E-state index in [4.69, 9.17) is 5.73 Å². The lowest BCUT2D eigenvalue weighted by atomic mass is 9.81. The number of β-lactam (4-membered cyclic amide) rings is 1. The first kappa shape index (κ1) is 24.6. The molecule has 3 atom stereocenters. The van der Waals surface area contributed by atoms with Gasteiger partial charge in [-0.2, -0.15) is 0 Å². The van der Waals surface area contributed by atoms with Crippen LogP contribution < -0.4 is 16.0 Å². The molecule has 0 radical (unpaired) electrons. The van der Waals surface area contributed by atoms with Crippen LogP contribution in [0.1, 0.15) is 44.6 Å². The van der Waals surface area contributed by atoms with Crippen LogP contribution in [0.25, 0.3) is 0 Å². The number of nitrogens with zero attached hydrogens (tertiary/aromatic N) is 3. The summed E-state index contributed by atoms with van der Waals surface area (Å²) in [6.07, 6.45) is 7.30. The number of amides is 4. The topological polar surface area (TPSA) is 109 Å².